The molecule has 0 aromatic rings. The predicted octanol–water partition coefficient (Wildman–Crippen LogP) is 2.65. The molecule has 0 spiro atoms. The lowest BCUT2D eigenvalue weighted by Crippen LogP contribution is -2.26. The van der Waals surface area contributed by atoms with E-state index in [1.807, 2.05) is 0 Å². The highest BCUT2D eigenvalue weighted by molar-refractivity contribution is 5.83. The lowest BCUT2D eigenvalue weighted by Gasteiger charge is -2.27. The van der Waals surface area contributed by atoms with E-state index in [0.29, 0.717) is 17.6 Å². The molecule has 13 heavy (non-hydrogen) atoms. The van der Waals surface area contributed by atoms with Gasteiger partial charge in [-0.2, -0.15) is 0 Å². The van der Waals surface area contributed by atoms with E-state index in [2.05, 4.69) is 6.92 Å². The van der Waals surface area contributed by atoms with Crippen LogP contribution in [0.15, 0.2) is 0 Å². The van der Waals surface area contributed by atoms with Crippen LogP contribution < -0.4 is 0 Å². The van der Waals surface area contributed by atoms with E-state index >= 15 is 0 Å². The summed E-state index contributed by atoms with van der Waals surface area (Å²) in [6, 6.07) is 0. The minimum Gasteiger partial charge on any atom is -0.299 e. The number of carbonyl (C=O) groups excluding carboxylic acids is 1. The molecule has 0 N–H and O–H groups in total. The maximum Gasteiger partial charge on any atom is 0.136 e. The molecule has 3 rings (SSSR count). The lowest BCUT2D eigenvalue weighted by molar-refractivity contribution is -0.126. The van der Waals surface area contributed by atoms with Gasteiger partial charge < -0.3 is 0 Å². The van der Waals surface area contributed by atoms with Crippen molar-refractivity contribution in [3.8, 4) is 0 Å². The largest absolute Gasteiger partial charge is 0.299 e. The summed E-state index contributed by atoms with van der Waals surface area (Å²) in [5, 5.41) is 0. The Labute approximate surface area is 79.9 Å². The van der Waals surface area contributed by atoms with Gasteiger partial charge in [-0.05, 0) is 42.9 Å². The molecule has 3 aliphatic carbocycles. The van der Waals surface area contributed by atoms with Crippen molar-refractivity contribution in [2.75, 3.05) is 0 Å². The molecule has 0 aliphatic heterocycles. The molecular weight excluding hydrogens is 160 g/mol. The van der Waals surface area contributed by atoms with Gasteiger partial charge in [-0.15, -0.1) is 0 Å². The Morgan fingerprint density at radius 2 is 1.92 bits per heavy atom. The van der Waals surface area contributed by atoms with E-state index in [-0.39, 0.29) is 0 Å². The lowest BCUT2D eigenvalue weighted by atomic mass is 9.77. The summed E-state index contributed by atoms with van der Waals surface area (Å²) in [6.07, 6.45) is 6.30. The number of rotatable bonds is 0. The topological polar surface area (TPSA) is 17.1 Å². The summed E-state index contributed by atoms with van der Waals surface area (Å²) in [7, 11) is 0. The smallest absolute Gasteiger partial charge is 0.136 e. The monoisotopic (exact) mass is 178 g/mol. The van der Waals surface area contributed by atoms with Crippen LogP contribution in [0.3, 0.4) is 0 Å². The van der Waals surface area contributed by atoms with Crippen LogP contribution in [0.5, 0.6) is 0 Å². The molecule has 3 saturated carbocycles. The Morgan fingerprint density at radius 3 is 2.77 bits per heavy atom. The van der Waals surface area contributed by atoms with Crippen LogP contribution in [-0.4, -0.2) is 5.78 Å². The van der Waals surface area contributed by atoms with E-state index in [1.54, 1.807) is 0 Å². The van der Waals surface area contributed by atoms with Gasteiger partial charge in [-0.25, -0.2) is 0 Å². The molecule has 5 atom stereocenters. The third-order valence-electron chi connectivity index (χ3n) is 4.89. The van der Waals surface area contributed by atoms with Crippen LogP contribution in [0.2, 0.25) is 0 Å². The van der Waals surface area contributed by atoms with E-state index in [4.69, 9.17) is 0 Å². The molecule has 2 bridgehead atoms. The number of carbonyl (C=O) groups is 1. The molecule has 0 aromatic carbocycles. The third-order valence-corrected chi connectivity index (χ3v) is 4.89. The summed E-state index contributed by atoms with van der Waals surface area (Å²) in [5.74, 6) is 4.44. The first kappa shape index (κ1) is 8.02. The van der Waals surface area contributed by atoms with Gasteiger partial charge in [0, 0.05) is 12.3 Å². The van der Waals surface area contributed by atoms with Gasteiger partial charge in [-0.1, -0.05) is 13.3 Å². The molecule has 1 heteroatoms. The van der Waals surface area contributed by atoms with Crippen molar-refractivity contribution < 1.29 is 4.79 Å². The second-order valence-electron chi connectivity index (χ2n) is 5.41. The van der Waals surface area contributed by atoms with Crippen molar-refractivity contribution in [2.24, 2.45) is 29.6 Å². The van der Waals surface area contributed by atoms with Crippen LogP contribution in [0.25, 0.3) is 0 Å². The number of hydrogen-bond donors (Lipinski definition) is 0. The van der Waals surface area contributed by atoms with Crippen LogP contribution >= 0.6 is 0 Å². The van der Waals surface area contributed by atoms with E-state index in [1.165, 1.54) is 25.7 Å². The second-order valence-corrected chi connectivity index (χ2v) is 5.41. The van der Waals surface area contributed by atoms with Crippen LogP contribution in [-0.2, 0) is 4.79 Å². The maximum atomic E-state index is 11.8. The highest BCUT2D eigenvalue weighted by atomic mass is 16.1. The van der Waals surface area contributed by atoms with Gasteiger partial charge >= 0.3 is 0 Å². The van der Waals surface area contributed by atoms with Crippen molar-refractivity contribution in [1.82, 2.24) is 0 Å². The zero-order chi connectivity index (χ0) is 9.00. The van der Waals surface area contributed by atoms with Crippen molar-refractivity contribution in [3.63, 3.8) is 0 Å². The van der Waals surface area contributed by atoms with Crippen LogP contribution in [0.1, 0.15) is 39.0 Å². The average Bonchev–Trinajstić information content (AvgIpc) is 2.58. The SMILES string of the molecule is C[C@H]1CC(=O)[C@@H]2C[C@H]1[C@H]1CCC[C@H]12. The molecule has 0 amide bonds. The summed E-state index contributed by atoms with van der Waals surface area (Å²) in [6.45, 7) is 2.29. The molecule has 72 valence electrons. The fourth-order valence-corrected chi connectivity index (χ4v) is 4.34. The normalized spacial score (nSPS) is 53.9. The molecule has 0 radical (unpaired) electrons. The molecule has 0 aromatic heterocycles. The Bertz CT molecular complexity index is 246. The van der Waals surface area contributed by atoms with Crippen molar-refractivity contribution in [1.29, 1.82) is 0 Å². The van der Waals surface area contributed by atoms with Crippen molar-refractivity contribution >= 4 is 5.78 Å². The molecule has 0 heterocycles. The summed E-state index contributed by atoms with van der Waals surface area (Å²) >= 11 is 0. The fourth-order valence-electron chi connectivity index (χ4n) is 4.34. The van der Waals surface area contributed by atoms with Crippen molar-refractivity contribution in [3.05, 3.63) is 0 Å². The first-order valence-electron chi connectivity index (χ1n) is 5.80. The third kappa shape index (κ3) is 0.963. The van der Waals surface area contributed by atoms with Gasteiger partial charge in [-0.3, -0.25) is 4.79 Å². The number of Topliss-reactive ketones (excluding diaryl/α,β-unsaturated/α-hetero) is 1. The molecule has 0 saturated heterocycles. The first-order valence-corrected chi connectivity index (χ1v) is 5.80. The van der Waals surface area contributed by atoms with E-state index in [0.717, 1.165) is 24.2 Å². The highest BCUT2D eigenvalue weighted by Gasteiger charge is 2.52. The molecule has 3 fully saturated rings. The standard InChI is InChI=1S/C12H18O/c1-7-5-12(13)11-6-10(7)8-3-2-4-9(8)11/h7-11H,2-6H2,1H3/t7-,8-,9+,10+,11+/m0/s1. The Morgan fingerprint density at radius 1 is 1.15 bits per heavy atom. The summed E-state index contributed by atoms with van der Waals surface area (Å²) in [5.41, 5.74) is 0. The number of hydrogen-bond acceptors (Lipinski definition) is 1. The van der Waals surface area contributed by atoms with Gasteiger partial charge in [0.15, 0.2) is 0 Å². The predicted molar refractivity (Wildman–Crippen MR) is 51.2 cm³/mol. The minimum atomic E-state index is 0.494. The van der Waals surface area contributed by atoms with Gasteiger partial charge in [0.1, 0.15) is 5.78 Å². The van der Waals surface area contributed by atoms with Gasteiger partial charge in [0.2, 0.25) is 0 Å². The Hall–Kier alpha value is -0.330. The van der Waals surface area contributed by atoms with E-state index in [9.17, 15) is 4.79 Å². The molecule has 1 nitrogen and oxygen atoms in total. The summed E-state index contributed by atoms with van der Waals surface area (Å²) in [4.78, 5) is 11.8. The molecule has 3 aliphatic rings. The molecular formula is C12H18O. The van der Waals surface area contributed by atoms with Crippen LogP contribution in [0.4, 0.5) is 0 Å². The Kier molecular flexibility index (Phi) is 1.59. The van der Waals surface area contributed by atoms with Crippen molar-refractivity contribution in [2.45, 2.75) is 39.0 Å². The summed E-state index contributed by atoms with van der Waals surface area (Å²) < 4.78 is 0. The quantitative estimate of drug-likeness (QED) is 0.557. The number of ketones is 1. The maximum absolute atomic E-state index is 11.8. The van der Waals surface area contributed by atoms with Crippen LogP contribution in [0, 0.1) is 29.6 Å². The molecule has 0 unspecified atom stereocenters. The Balaban J connectivity index is 1.95. The highest BCUT2D eigenvalue weighted by Crippen LogP contribution is 2.57. The zero-order valence-corrected chi connectivity index (χ0v) is 8.33. The minimum absolute atomic E-state index is 0.494. The van der Waals surface area contributed by atoms with Gasteiger partial charge in [0.05, 0.1) is 0 Å². The second kappa shape index (κ2) is 2.59. The zero-order valence-electron chi connectivity index (χ0n) is 8.33. The van der Waals surface area contributed by atoms with E-state index < -0.39 is 0 Å². The van der Waals surface area contributed by atoms with Gasteiger partial charge in [0.25, 0.3) is 0 Å². The number of fused-ring (bicyclic) bond motifs is 5. The fraction of sp³-hybridized carbons (Fsp3) is 0.917. The first-order chi connectivity index (χ1) is 6.27. The average molecular weight is 178 g/mol.